The minimum atomic E-state index is 0.411. The van der Waals surface area contributed by atoms with E-state index in [-0.39, 0.29) is 0 Å². The molecular weight excluding hydrogens is 448 g/mol. The van der Waals surface area contributed by atoms with Gasteiger partial charge in [0, 0.05) is 13.4 Å². The Hall–Kier alpha value is -0.320. The number of aromatic hydroxyl groups is 1. The summed E-state index contributed by atoms with van der Waals surface area (Å²) in [6.45, 7) is 0. The highest BCUT2D eigenvalue weighted by Crippen LogP contribution is 2.33. The van der Waals surface area contributed by atoms with Gasteiger partial charge in [-0.25, -0.2) is 0 Å². The van der Waals surface area contributed by atoms with Crippen molar-refractivity contribution in [2.45, 2.75) is 25.7 Å². The number of halogens is 3. The zero-order valence-corrected chi connectivity index (χ0v) is 15.5. The van der Waals surface area contributed by atoms with Gasteiger partial charge in [-0.3, -0.25) is 0 Å². The fourth-order valence-corrected chi connectivity index (χ4v) is 4.36. The van der Waals surface area contributed by atoms with E-state index in [4.69, 9.17) is 0 Å². The molecule has 20 heavy (non-hydrogen) atoms. The molecule has 1 nitrogen and oxygen atoms in total. The number of aryl methyl sites for hydroxylation is 4. The van der Waals surface area contributed by atoms with Crippen LogP contribution in [0.4, 0.5) is 0 Å². The summed E-state index contributed by atoms with van der Waals surface area (Å²) >= 11 is 11.0. The smallest absolute Gasteiger partial charge is 0.119 e. The van der Waals surface area contributed by atoms with Crippen LogP contribution in [0.25, 0.3) is 0 Å². The van der Waals surface area contributed by atoms with E-state index < -0.39 is 0 Å². The molecule has 4 heteroatoms. The van der Waals surface area contributed by atoms with Gasteiger partial charge in [0.15, 0.2) is 0 Å². The highest BCUT2D eigenvalue weighted by molar-refractivity contribution is 9.11. The zero-order valence-electron chi connectivity index (χ0n) is 10.7. The van der Waals surface area contributed by atoms with Crippen molar-refractivity contribution in [2.75, 3.05) is 0 Å². The van der Waals surface area contributed by atoms with Gasteiger partial charge in [0.1, 0.15) is 5.75 Å². The molecule has 0 heterocycles. The molecule has 4 aliphatic rings. The summed E-state index contributed by atoms with van der Waals surface area (Å²) in [5, 5.41) is 10.2. The molecule has 1 N–H and O–H groups in total. The Morgan fingerprint density at radius 2 is 0.950 bits per heavy atom. The molecule has 0 atom stereocenters. The van der Waals surface area contributed by atoms with Crippen molar-refractivity contribution in [3.05, 3.63) is 59.9 Å². The van der Waals surface area contributed by atoms with Gasteiger partial charge in [-0.1, -0.05) is 47.8 Å². The average molecular weight is 461 g/mol. The Kier molecular flexibility index (Phi) is 4.25. The van der Waals surface area contributed by atoms with E-state index in [2.05, 4.69) is 66.0 Å². The standard InChI is InChI=1S/C16H13Br3O/c17-13-6-10-3-4-12-7-15(19)11(8-16(12)20)2-1-9(13)5-14(10)18/h5-8,20H,1-4H2. The lowest BCUT2D eigenvalue weighted by Crippen LogP contribution is -2.01. The van der Waals surface area contributed by atoms with Gasteiger partial charge in [0.25, 0.3) is 0 Å². The van der Waals surface area contributed by atoms with Crippen LogP contribution in [0.2, 0.25) is 0 Å². The van der Waals surface area contributed by atoms with Crippen molar-refractivity contribution in [2.24, 2.45) is 0 Å². The van der Waals surface area contributed by atoms with Gasteiger partial charge in [-0.15, -0.1) is 0 Å². The molecule has 0 aromatic heterocycles. The Labute approximate surface area is 143 Å². The van der Waals surface area contributed by atoms with Gasteiger partial charge >= 0.3 is 0 Å². The molecule has 6 rings (SSSR count). The molecule has 0 spiro atoms. The van der Waals surface area contributed by atoms with Crippen molar-refractivity contribution in [1.29, 1.82) is 0 Å². The van der Waals surface area contributed by atoms with Gasteiger partial charge < -0.3 is 5.11 Å². The van der Waals surface area contributed by atoms with Crippen LogP contribution in [0.5, 0.6) is 5.75 Å². The molecule has 0 amide bonds. The van der Waals surface area contributed by atoms with Crippen LogP contribution in [-0.4, -0.2) is 5.11 Å². The first-order chi connectivity index (χ1) is 9.54. The van der Waals surface area contributed by atoms with Crippen LogP contribution >= 0.6 is 47.8 Å². The topological polar surface area (TPSA) is 20.2 Å². The zero-order chi connectivity index (χ0) is 14.3. The number of hydrogen-bond donors (Lipinski definition) is 1. The van der Waals surface area contributed by atoms with Crippen molar-refractivity contribution in [1.82, 2.24) is 0 Å². The van der Waals surface area contributed by atoms with E-state index in [1.54, 1.807) is 0 Å². The minimum Gasteiger partial charge on any atom is -0.508 e. The maximum absolute atomic E-state index is 10.2. The molecule has 0 aliphatic heterocycles. The van der Waals surface area contributed by atoms with Crippen molar-refractivity contribution < 1.29 is 5.11 Å². The maximum atomic E-state index is 10.2. The highest BCUT2D eigenvalue weighted by Gasteiger charge is 2.13. The van der Waals surface area contributed by atoms with Crippen molar-refractivity contribution in [3.8, 4) is 5.75 Å². The van der Waals surface area contributed by atoms with Crippen LogP contribution in [0, 0.1) is 0 Å². The predicted molar refractivity (Wildman–Crippen MR) is 92.5 cm³/mol. The molecular formula is C16H13Br3O. The lowest BCUT2D eigenvalue weighted by atomic mass is 9.96. The third kappa shape index (κ3) is 2.83. The molecule has 0 unspecified atom stereocenters. The number of rotatable bonds is 0. The molecule has 0 fully saturated rings. The van der Waals surface area contributed by atoms with Crippen molar-refractivity contribution in [3.63, 3.8) is 0 Å². The molecule has 0 saturated heterocycles. The molecule has 4 bridgehead atoms. The van der Waals surface area contributed by atoms with Crippen LogP contribution in [-0.2, 0) is 25.7 Å². The summed E-state index contributed by atoms with van der Waals surface area (Å²) in [5.74, 6) is 0.411. The van der Waals surface area contributed by atoms with E-state index in [0.717, 1.165) is 45.8 Å². The van der Waals surface area contributed by atoms with Crippen LogP contribution in [0.3, 0.4) is 0 Å². The van der Waals surface area contributed by atoms with Crippen LogP contribution in [0.1, 0.15) is 22.3 Å². The Balaban J connectivity index is 2.11. The summed E-state index contributed by atoms with van der Waals surface area (Å²) < 4.78 is 3.42. The van der Waals surface area contributed by atoms with Gasteiger partial charge in [-0.2, -0.15) is 0 Å². The average Bonchev–Trinajstić information content (AvgIpc) is 2.40. The highest BCUT2D eigenvalue weighted by atomic mass is 79.9. The summed E-state index contributed by atoms with van der Waals surface area (Å²) in [5.41, 5.74) is 4.70. The van der Waals surface area contributed by atoms with E-state index in [0.29, 0.717) is 5.75 Å². The quantitative estimate of drug-likeness (QED) is 0.545. The number of phenols is 1. The van der Waals surface area contributed by atoms with Crippen molar-refractivity contribution >= 4 is 47.8 Å². The van der Waals surface area contributed by atoms with E-state index in [1.165, 1.54) is 15.6 Å². The third-order valence-electron chi connectivity index (χ3n) is 3.79. The van der Waals surface area contributed by atoms with Gasteiger partial charge in [-0.05, 0) is 72.2 Å². The third-order valence-corrected chi connectivity index (χ3v) is 6.01. The SMILES string of the molecule is Oc1cc2c(Br)cc1CCc1cc(Br)c(cc1Br)CC2. The number of phenolic OH excluding ortho intramolecular Hbond substituents is 1. The van der Waals surface area contributed by atoms with E-state index in [1.807, 2.05) is 6.07 Å². The first kappa shape index (κ1) is 14.6. The largest absolute Gasteiger partial charge is 0.508 e. The van der Waals surface area contributed by atoms with Gasteiger partial charge in [0.2, 0.25) is 0 Å². The first-order valence-electron chi connectivity index (χ1n) is 6.51. The molecule has 104 valence electrons. The Morgan fingerprint density at radius 3 is 1.45 bits per heavy atom. The van der Waals surface area contributed by atoms with Crippen LogP contribution in [0.15, 0.2) is 37.7 Å². The van der Waals surface area contributed by atoms with E-state index in [9.17, 15) is 5.11 Å². The maximum Gasteiger partial charge on any atom is 0.119 e. The second kappa shape index (κ2) is 5.82. The second-order valence-electron chi connectivity index (χ2n) is 5.11. The van der Waals surface area contributed by atoms with E-state index >= 15 is 0 Å². The lowest BCUT2D eigenvalue weighted by Gasteiger charge is -2.15. The normalized spacial score (nSPS) is 14.2. The fourth-order valence-electron chi connectivity index (χ4n) is 2.59. The molecule has 2 aromatic rings. The predicted octanol–water partition coefficient (Wildman–Crippen LogP) is 5.56. The number of hydrogen-bond acceptors (Lipinski definition) is 1. The molecule has 2 aromatic carbocycles. The summed E-state index contributed by atoms with van der Waals surface area (Å²) in [6, 6.07) is 8.36. The molecule has 4 aliphatic carbocycles. The summed E-state index contributed by atoms with van der Waals surface area (Å²) in [7, 11) is 0. The first-order valence-corrected chi connectivity index (χ1v) is 8.89. The fraction of sp³-hybridized carbons (Fsp3) is 0.250. The van der Waals surface area contributed by atoms with Gasteiger partial charge in [0.05, 0.1) is 0 Å². The Bertz CT molecular complexity index is 561. The summed E-state index contributed by atoms with van der Waals surface area (Å²) in [6.07, 6.45) is 3.57. The van der Waals surface area contributed by atoms with Crippen LogP contribution < -0.4 is 0 Å². The Morgan fingerprint density at radius 1 is 0.600 bits per heavy atom. The second-order valence-corrected chi connectivity index (χ2v) is 7.67. The monoisotopic (exact) mass is 458 g/mol. The minimum absolute atomic E-state index is 0.411. The molecule has 0 radical (unpaired) electrons. The number of benzene rings is 2. The summed E-state index contributed by atoms with van der Waals surface area (Å²) in [4.78, 5) is 0. The molecule has 0 saturated carbocycles. The lowest BCUT2D eigenvalue weighted by molar-refractivity contribution is 0.467.